The minimum atomic E-state index is -5.53. The highest BCUT2D eigenvalue weighted by Crippen LogP contribution is 2.24. The van der Waals surface area contributed by atoms with Gasteiger partial charge < -0.3 is 4.74 Å². The first kappa shape index (κ1) is 15.9. The fourth-order valence-electron chi connectivity index (χ4n) is 0.671. The Balaban J connectivity index is 3.73. The zero-order valence-electron chi connectivity index (χ0n) is 8.70. The van der Waals surface area contributed by atoms with Crippen LogP contribution in [0.2, 0.25) is 0 Å². The number of rotatable bonds is 7. The Labute approximate surface area is 96.3 Å². The van der Waals surface area contributed by atoms with Crippen LogP contribution in [-0.2, 0) is 23.8 Å². The van der Waals surface area contributed by atoms with Crippen molar-refractivity contribution < 1.29 is 35.3 Å². The zero-order chi connectivity index (χ0) is 13.5. The van der Waals surface area contributed by atoms with E-state index in [1.54, 1.807) is 0 Å². The maximum Gasteiger partial charge on any atom is 0.523 e. The molecule has 0 aliphatic heterocycles. The number of esters is 1. The summed E-state index contributed by atoms with van der Waals surface area (Å²) in [4.78, 5) is 10.5. The molecule has 0 amide bonds. The van der Waals surface area contributed by atoms with Gasteiger partial charge in [0, 0.05) is 6.08 Å². The quantitative estimate of drug-likeness (QED) is 0.231. The summed E-state index contributed by atoms with van der Waals surface area (Å²) in [5, 5.41) is 0. The first-order valence-corrected chi connectivity index (χ1v) is 5.86. The van der Waals surface area contributed by atoms with Crippen LogP contribution in [0.3, 0.4) is 0 Å². The fourth-order valence-corrected chi connectivity index (χ4v) is 1.14. The molecule has 0 bridgehead atoms. The molecule has 17 heavy (non-hydrogen) atoms. The zero-order valence-corrected chi connectivity index (χ0v) is 9.51. The van der Waals surface area contributed by atoms with Gasteiger partial charge in [-0.1, -0.05) is 6.58 Å². The van der Waals surface area contributed by atoms with Crippen LogP contribution in [0.5, 0.6) is 0 Å². The summed E-state index contributed by atoms with van der Waals surface area (Å²) < 4.78 is 64.3. The fraction of sp³-hybridized carbons (Fsp3) is 0.625. The van der Waals surface area contributed by atoms with Crippen LogP contribution in [0.25, 0.3) is 0 Å². The highest BCUT2D eigenvalue weighted by atomic mass is 32.2. The van der Waals surface area contributed by atoms with Crippen LogP contribution in [0, 0.1) is 0 Å². The number of hydrogen-bond acceptors (Lipinski definition) is 5. The van der Waals surface area contributed by atoms with Crippen LogP contribution < -0.4 is 0 Å². The monoisotopic (exact) mass is 276 g/mol. The highest BCUT2D eigenvalue weighted by molar-refractivity contribution is 7.87. The number of ether oxygens (including phenoxy) is 1. The molecule has 0 aliphatic carbocycles. The number of carbonyl (C=O) groups is 1. The number of carbonyl (C=O) groups excluding carboxylic acids is 1. The number of hydrogen-bond donors (Lipinski definition) is 0. The van der Waals surface area contributed by atoms with Gasteiger partial charge in [-0.15, -0.1) is 0 Å². The van der Waals surface area contributed by atoms with E-state index in [1.165, 1.54) is 0 Å². The predicted molar refractivity (Wildman–Crippen MR) is 51.3 cm³/mol. The first-order chi connectivity index (χ1) is 7.70. The predicted octanol–water partition coefficient (Wildman–Crippen LogP) is 1.36. The molecular weight excluding hydrogens is 265 g/mol. The molecule has 0 unspecified atom stereocenters. The SMILES string of the molecule is C=CC(=O)OCCCCOS(=O)(=O)C(F)(F)F. The lowest BCUT2D eigenvalue weighted by molar-refractivity contribution is -0.137. The van der Waals surface area contributed by atoms with Crippen LogP contribution in [-0.4, -0.2) is 33.1 Å². The van der Waals surface area contributed by atoms with Crippen molar-refractivity contribution in [1.29, 1.82) is 0 Å². The van der Waals surface area contributed by atoms with E-state index in [-0.39, 0.29) is 19.4 Å². The van der Waals surface area contributed by atoms with Crippen LogP contribution in [0.15, 0.2) is 12.7 Å². The first-order valence-electron chi connectivity index (χ1n) is 4.45. The van der Waals surface area contributed by atoms with Crippen LogP contribution >= 0.6 is 0 Å². The third-order valence-corrected chi connectivity index (χ3v) is 2.52. The molecule has 5 nitrogen and oxygen atoms in total. The molecule has 0 heterocycles. The minimum absolute atomic E-state index is 0.0136. The summed E-state index contributed by atoms with van der Waals surface area (Å²) in [7, 11) is -5.53. The largest absolute Gasteiger partial charge is 0.523 e. The molecule has 0 aliphatic rings. The lowest BCUT2D eigenvalue weighted by atomic mass is 10.3. The number of unbranched alkanes of at least 4 members (excludes halogenated alkanes) is 1. The van der Waals surface area contributed by atoms with Crippen molar-refractivity contribution in [2.75, 3.05) is 13.2 Å². The second kappa shape index (κ2) is 6.60. The molecule has 0 fully saturated rings. The third kappa shape index (κ3) is 6.27. The van der Waals surface area contributed by atoms with Gasteiger partial charge in [-0.2, -0.15) is 21.6 Å². The van der Waals surface area contributed by atoms with Crippen LogP contribution in [0.1, 0.15) is 12.8 Å². The third-order valence-electron chi connectivity index (χ3n) is 1.47. The Morgan fingerprint density at radius 1 is 1.24 bits per heavy atom. The van der Waals surface area contributed by atoms with Gasteiger partial charge in [-0.3, -0.25) is 4.18 Å². The van der Waals surface area contributed by atoms with Gasteiger partial charge in [0.25, 0.3) is 0 Å². The standard InChI is InChI=1S/C8H11F3O5S/c1-2-7(12)15-5-3-4-6-16-17(13,14)8(9,10)11/h2H,1,3-6H2. The van der Waals surface area contributed by atoms with E-state index in [9.17, 15) is 26.4 Å². The average molecular weight is 276 g/mol. The molecule has 0 radical (unpaired) electrons. The van der Waals surface area contributed by atoms with Crippen molar-refractivity contribution >= 4 is 16.1 Å². The summed E-state index contributed by atoms with van der Waals surface area (Å²) in [6, 6.07) is 0. The van der Waals surface area contributed by atoms with E-state index in [0.717, 1.165) is 6.08 Å². The molecule has 0 aromatic heterocycles. The summed E-state index contributed by atoms with van der Waals surface area (Å²) >= 11 is 0. The van der Waals surface area contributed by atoms with E-state index in [2.05, 4.69) is 15.5 Å². The average Bonchev–Trinajstić information content (AvgIpc) is 2.21. The second-order valence-corrected chi connectivity index (χ2v) is 4.41. The van der Waals surface area contributed by atoms with E-state index in [1.807, 2.05) is 0 Å². The van der Waals surface area contributed by atoms with Crippen molar-refractivity contribution in [2.45, 2.75) is 18.3 Å². The molecule has 0 spiro atoms. The van der Waals surface area contributed by atoms with Crippen molar-refractivity contribution in [3.63, 3.8) is 0 Å². The van der Waals surface area contributed by atoms with Gasteiger partial charge in [0.05, 0.1) is 13.2 Å². The van der Waals surface area contributed by atoms with E-state index < -0.39 is 28.2 Å². The summed E-state index contributed by atoms with van der Waals surface area (Å²) in [5.74, 6) is -0.658. The summed E-state index contributed by atoms with van der Waals surface area (Å²) in [5.41, 5.74) is -5.41. The molecule has 0 rings (SSSR count). The Bertz CT molecular complexity index is 360. The maximum absolute atomic E-state index is 11.8. The molecule has 0 atom stereocenters. The molecule has 100 valence electrons. The molecule has 0 N–H and O–H groups in total. The number of alkyl halides is 3. The van der Waals surface area contributed by atoms with Gasteiger partial charge in [-0.25, -0.2) is 4.79 Å². The van der Waals surface area contributed by atoms with E-state index in [4.69, 9.17) is 0 Å². The van der Waals surface area contributed by atoms with Crippen molar-refractivity contribution in [3.05, 3.63) is 12.7 Å². The summed E-state index contributed by atoms with van der Waals surface area (Å²) in [6.07, 6.45) is 1.14. The van der Waals surface area contributed by atoms with Gasteiger partial charge in [-0.05, 0) is 12.8 Å². The molecule has 9 heteroatoms. The van der Waals surface area contributed by atoms with E-state index >= 15 is 0 Å². The molecule has 0 aromatic rings. The lowest BCUT2D eigenvalue weighted by Gasteiger charge is -2.07. The Kier molecular flexibility index (Phi) is 6.18. The Morgan fingerprint density at radius 3 is 2.24 bits per heavy atom. The van der Waals surface area contributed by atoms with Gasteiger partial charge in [0.1, 0.15) is 0 Å². The summed E-state index contributed by atoms with van der Waals surface area (Å²) in [6.45, 7) is 2.47. The molecule has 0 saturated heterocycles. The number of halogens is 3. The second-order valence-electron chi connectivity index (χ2n) is 2.80. The van der Waals surface area contributed by atoms with Crippen molar-refractivity contribution in [2.24, 2.45) is 0 Å². The Hall–Kier alpha value is -1.09. The molecular formula is C8H11F3O5S. The van der Waals surface area contributed by atoms with Gasteiger partial charge in [0.2, 0.25) is 0 Å². The van der Waals surface area contributed by atoms with Crippen molar-refractivity contribution in [3.8, 4) is 0 Å². The van der Waals surface area contributed by atoms with E-state index in [0.29, 0.717) is 0 Å². The topological polar surface area (TPSA) is 69.7 Å². The lowest BCUT2D eigenvalue weighted by Crippen LogP contribution is -2.25. The Morgan fingerprint density at radius 2 is 1.76 bits per heavy atom. The van der Waals surface area contributed by atoms with Crippen molar-refractivity contribution in [1.82, 2.24) is 0 Å². The maximum atomic E-state index is 11.8. The van der Waals surface area contributed by atoms with Gasteiger partial charge in [0.15, 0.2) is 0 Å². The van der Waals surface area contributed by atoms with Crippen LogP contribution in [0.4, 0.5) is 13.2 Å². The molecule has 0 aromatic carbocycles. The minimum Gasteiger partial charge on any atom is -0.463 e. The highest BCUT2D eigenvalue weighted by Gasteiger charge is 2.47. The normalized spacial score (nSPS) is 12.2. The molecule has 0 saturated carbocycles. The van der Waals surface area contributed by atoms with Gasteiger partial charge >= 0.3 is 21.6 Å². The smallest absolute Gasteiger partial charge is 0.463 e.